The van der Waals surface area contributed by atoms with Gasteiger partial charge in [-0.15, -0.1) is 0 Å². The molecular formula is C20H21N3O5. The van der Waals surface area contributed by atoms with Gasteiger partial charge in [0.1, 0.15) is 0 Å². The summed E-state index contributed by atoms with van der Waals surface area (Å²) < 4.78 is 6.47. The van der Waals surface area contributed by atoms with Crippen molar-refractivity contribution < 1.29 is 14.1 Å². The van der Waals surface area contributed by atoms with Crippen LogP contribution < -0.4 is 11.1 Å². The Labute approximate surface area is 160 Å². The molecule has 1 aromatic heterocycles. The van der Waals surface area contributed by atoms with Gasteiger partial charge in [-0.05, 0) is 24.0 Å². The quantitative estimate of drug-likeness (QED) is 0.475. The summed E-state index contributed by atoms with van der Waals surface area (Å²) in [6, 6.07) is 14.0. The number of aromatic nitrogens is 1. The number of benzene rings is 2. The molecule has 1 atom stereocenters. The molecule has 2 aromatic carbocycles. The van der Waals surface area contributed by atoms with E-state index in [1.54, 1.807) is 0 Å². The van der Waals surface area contributed by atoms with Gasteiger partial charge in [0.15, 0.2) is 5.58 Å². The smallest absolute Gasteiger partial charge is 0.407 e. The molecule has 0 radical (unpaired) electrons. The Bertz CT molecular complexity index is 1040. The third-order valence-electron chi connectivity index (χ3n) is 4.62. The Kier molecular flexibility index (Phi) is 5.88. The van der Waals surface area contributed by atoms with Gasteiger partial charge in [0.2, 0.25) is 5.91 Å². The van der Waals surface area contributed by atoms with Crippen LogP contribution in [-0.4, -0.2) is 21.9 Å². The van der Waals surface area contributed by atoms with Crippen molar-refractivity contribution in [2.75, 3.05) is 6.54 Å². The molecule has 3 aromatic rings. The van der Waals surface area contributed by atoms with Crippen molar-refractivity contribution in [2.45, 2.75) is 32.2 Å². The first-order valence-corrected chi connectivity index (χ1v) is 9.05. The summed E-state index contributed by atoms with van der Waals surface area (Å²) in [5.41, 5.74) is 1.67. The predicted molar refractivity (Wildman–Crippen MR) is 104 cm³/mol. The van der Waals surface area contributed by atoms with Crippen LogP contribution in [0, 0.1) is 10.1 Å². The summed E-state index contributed by atoms with van der Waals surface area (Å²) in [4.78, 5) is 34.3. The van der Waals surface area contributed by atoms with Crippen molar-refractivity contribution in [3.05, 3.63) is 74.8 Å². The first-order valence-electron chi connectivity index (χ1n) is 9.05. The van der Waals surface area contributed by atoms with E-state index < -0.39 is 10.7 Å². The summed E-state index contributed by atoms with van der Waals surface area (Å²) in [5, 5.41) is 13.7. The maximum absolute atomic E-state index is 12.1. The Morgan fingerprint density at radius 3 is 2.71 bits per heavy atom. The van der Waals surface area contributed by atoms with Crippen LogP contribution in [0.1, 0.15) is 31.2 Å². The first kappa shape index (κ1) is 19.3. The van der Waals surface area contributed by atoms with E-state index in [0.29, 0.717) is 25.0 Å². The number of carbonyl (C=O) groups excluding carboxylic acids is 1. The van der Waals surface area contributed by atoms with E-state index in [-0.39, 0.29) is 29.5 Å². The molecule has 0 aliphatic heterocycles. The highest BCUT2D eigenvalue weighted by Gasteiger charge is 2.14. The SMILES string of the molecule is C[C@H](CNC(=O)CCCn1c(=O)oc2cc([N+](=O)[O-])ccc21)c1ccccc1. The number of non-ortho nitro benzene ring substituents is 1. The molecule has 0 saturated carbocycles. The number of oxazole rings is 1. The topological polar surface area (TPSA) is 107 Å². The van der Waals surface area contributed by atoms with Crippen molar-refractivity contribution in [1.29, 1.82) is 0 Å². The minimum Gasteiger partial charge on any atom is -0.407 e. The lowest BCUT2D eigenvalue weighted by molar-refractivity contribution is -0.384. The van der Waals surface area contributed by atoms with Gasteiger partial charge in [-0.3, -0.25) is 19.5 Å². The second-order valence-corrected chi connectivity index (χ2v) is 6.65. The van der Waals surface area contributed by atoms with Crippen molar-refractivity contribution >= 4 is 22.7 Å². The van der Waals surface area contributed by atoms with Crippen LogP contribution in [0.5, 0.6) is 0 Å². The molecule has 1 heterocycles. The monoisotopic (exact) mass is 383 g/mol. The molecule has 8 heteroatoms. The predicted octanol–water partition coefficient (Wildman–Crippen LogP) is 3.20. The number of carbonyl (C=O) groups is 1. The largest absolute Gasteiger partial charge is 0.419 e. The molecule has 8 nitrogen and oxygen atoms in total. The number of nitrogens with one attached hydrogen (secondary N) is 1. The molecular weight excluding hydrogens is 362 g/mol. The lowest BCUT2D eigenvalue weighted by atomic mass is 10.0. The third-order valence-corrected chi connectivity index (χ3v) is 4.62. The van der Waals surface area contributed by atoms with Crippen LogP contribution in [0.2, 0.25) is 0 Å². The minimum atomic E-state index is -0.589. The Morgan fingerprint density at radius 1 is 1.25 bits per heavy atom. The number of nitro benzene ring substituents is 1. The summed E-state index contributed by atoms with van der Waals surface area (Å²) in [6.45, 7) is 2.89. The van der Waals surface area contributed by atoms with Crippen LogP contribution in [0.3, 0.4) is 0 Å². The van der Waals surface area contributed by atoms with Crippen LogP contribution in [-0.2, 0) is 11.3 Å². The van der Waals surface area contributed by atoms with Crippen LogP contribution in [0.25, 0.3) is 11.1 Å². The van der Waals surface area contributed by atoms with Gasteiger partial charge in [-0.25, -0.2) is 4.79 Å². The van der Waals surface area contributed by atoms with E-state index in [0.717, 1.165) is 5.56 Å². The van der Waals surface area contributed by atoms with Crippen molar-refractivity contribution in [3.63, 3.8) is 0 Å². The highest BCUT2D eigenvalue weighted by molar-refractivity contribution is 5.76. The maximum Gasteiger partial charge on any atom is 0.419 e. The molecule has 0 aliphatic rings. The standard InChI is InChI=1S/C20H21N3O5/c1-14(15-6-3-2-4-7-15)13-21-19(24)8-5-11-22-17-10-9-16(23(26)27)12-18(17)28-20(22)25/h2-4,6-7,9-10,12,14H,5,8,11,13H2,1H3,(H,21,24)/t14-/m1/s1. The summed E-state index contributed by atoms with van der Waals surface area (Å²) >= 11 is 0. The molecule has 0 bridgehead atoms. The maximum atomic E-state index is 12.1. The summed E-state index contributed by atoms with van der Waals surface area (Å²) in [6.07, 6.45) is 0.727. The molecule has 0 spiro atoms. The van der Waals surface area contributed by atoms with Gasteiger partial charge >= 0.3 is 5.76 Å². The minimum absolute atomic E-state index is 0.0840. The number of rotatable bonds is 8. The van der Waals surface area contributed by atoms with Crippen LogP contribution >= 0.6 is 0 Å². The molecule has 0 saturated heterocycles. The van der Waals surface area contributed by atoms with Crippen LogP contribution in [0.15, 0.2) is 57.7 Å². The van der Waals surface area contributed by atoms with Crippen molar-refractivity contribution in [1.82, 2.24) is 9.88 Å². The average molecular weight is 383 g/mol. The number of hydrogen-bond acceptors (Lipinski definition) is 5. The zero-order valence-corrected chi connectivity index (χ0v) is 15.5. The second kappa shape index (κ2) is 8.51. The zero-order valence-electron chi connectivity index (χ0n) is 15.5. The molecule has 3 rings (SSSR count). The zero-order chi connectivity index (χ0) is 20.1. The third kappa shape index (κ3) is 4.46. The number of nitrogens with zero attached hydrogens (tertiary/aromatic N) is 2. The Morgan fingerprint density at radius 2 is 2.00 bits per heavy atom. The van der Waals surface area contributed by atoms with E-state index in [2.05, 4.69) is 5.32 Å². The Balaban J connectivity index is 1.53. The van der Waals surface area contributed by atoms with Gasteiger partial charge in [-0.2, -0.15) is 0 Å². The van der Waals surface area contributed by atoms with Gasteiger partial charge in [0.05, 0.1) is 16.5 Å². The van der Waals surface area contributed by atoms with Gasteiger partial charge in [0, 0.05) is 25.6 Å². The van der Waals surface area contributed by atoms with E-state index in [1.807, 2.05) is 37.3 Å². The fourth-order valence-corrected chi connectivity index (χ4v) is 3.03. The first-order chi connectivity index (χ1) is 13.5. The molecule has 28 heavy (non-hydrogen) atoms. The molecule has 0 fully saturated rings. The lowest BCUT2D eigenvalue weighted by Gasteiger charge is -2.13. The van der Waals surface area contributed by atoms with Crippen LogP contribution in [0.4, 0.5) is 5.69 Å². The molecule has 146 valence electrons. The van der Waals surface area contributed by atoms with Crippen molar-refractivity contribution in [3.8, 4) is 0 Å². The van der Waals surface area contributed by atoms with E-state index in [1.165, 1.54) is 22.8 Å². The Hall–Kier alpha value is -3.42. The summed E-state index contributed by atoms with van der Waals surface area (Å²) in [5.74, 6) is -0.464. The van der Waals surface area contributed by atoms with E-state index in [4.69, 9.17) is 4.42 Å². The normalized spacial score (nSPS) is 12.0. The molecule has 1 N–H and O–H groups in total. The molecule has 0 aliphatic carbocycles. The number of nitro groups is 1. The van der Waals surface area contributed by atoms with Gasteiger partial charge < -0.3 is 9.73 Å². The molecule has 0 unspecified atom stereocenters. The number of amides is 1. The number of fused-ring (bicyclic) bond motifs is 1. The second-order valence-electron chi connectivity index (χ2n) is 6.65. The number of hydrogen-bond donors (Lipinski definition) is 1. The summed E-state index contributed by atoms with van der Waals surface area (Å²) in [7, 11) is 0. The average Bonchev–Trinajstić information content (AvgIpc) is 3.01. The number of aryl methyl sites for hydroxylation is 1. The molecule has 1 amide bonds. The van der Waals surface area contributed by atoms with Gasteiger partial charge in [0.25, 0.3) is 5.69 Å². The van der Waals surface area contributed by atoms with Gasteiger partial charge in [-0.1, -0.05) is 37.3 Å². The fourth-order valence-electron chi connectivity index (χ4n) is 3.03. The van der Waals surface area contributed by atoms with Crippen molar-refractivity contribution in [2.24, 2.45) is 0 Å². The fraction of sp³-hybridized carbons (Fsp3) is 0.300. The van der Waals surface area contributed by atoms with E-state index in [9.17, 15) is 19.7 Å². The lowest BCUT2D eigenvalue weighted by Crippen LogP contribution is -2.27. The highest BCUT2D eigenvalue weighted by atomic mass is 16.6. The van der Waals surface area contributed by atoms with E-state index >= 15 is 0 Å². The highest BCUT2D eigenvalue weighted by Crippen LogP contribution is 2.20.